The van der Waals surface area contributed by atoms with Crippen LogP contribution in [0.1, 0.15) is 11.8 Å². The highest BCUT2D eigenvalue weighted by Gasteiger charge is 2.30. The zero-order valence-electron chi connectivity index (χ0n) is 9.90. The van der Waals surface area contributed by atoms with Crippen molar-refractivity contribution in [3.05, 3.63) is 35.2 Å². The van der Waals surface area contributed by atoms with E-state index in [0.717, 1.165) is 4.88 Å². The Bertz CT molecular complexity index is 512. The largest absolute Gasteiger partial charge is 0.468 e. The predicted molar refractivity (Wildman–Crippen MR) is 70.1 cm³/mol. The number of carbonyl (C=O) groups is 1. The van der Waals surface area contributed by atoms with Crippen LogP contribution >= 0.6 is 11.3 Å². The lowest BCUT2D eigenvalue weighted by Gasteiger charge is -2.20. The highest BCUT2D eigenvalue weighted by atomic mass is 32.1. The molecule has 1 unspecified atom stereocenters. The Morgan fingerprint density at radius 3 is 2.82 bits per heavy atom. The van der Waals surface area contributed by atoms with Crippen LogP contribution in [0.5, 0.6) is 0 Å². The van der Waals surface area contributed by atoms with Gasteiger partial charge in [0, 0.05) is 16.0 Å². The molecule has 2 aromatic rings. The van der Waals surface area contributed by atoms with E-state index in [1.807, 2.05) is 12.1 Å². The van der Waals surface area contributed by atoms with E-state index < -0.39 is 5.54 Å². The van der Waals surface area contributed by atoms with Crippen LogP contribution in [0.15, 0.2) is 30.3 Å². The van der Waals surface area contributed by atoms with Gasteiger partial charge in [-0.2, -0.15) is 0 Å². The molecule has 1 heterocycles. The molecular weight excluding hydrogens is 234 g/mol. The molecule has 0 saturated heterocycles. The van der Waals surface area contributed by atoms with Crippen LogP contribution in [0.3, 0.4) is 0 Å². The number of rotatable bonds is 3. The SMILES string of the molecule is COC(=O)C(C)(N)Cc1cc2ccccc2s1. The molecule has 0 aliphatic rings. The average Bonchev–Trinajstić information content (AvgIpc) is 2.68. The van der Waals surface area contributed by atoms with Crippen molar-refractivity contribution in [1.29, 1.82) is 0 Å². The Morgan fingerprint density at radius 1 is 1.47 bits per heavy atom. The Hall–Kier alpha value is -1.39. The second kappa shape index (κ2) is 4.47. The quantitative estimate of drug-likeness (QED) is 0.849. The van der Waals surface area contributed by atoms with Gasteiger partial charge < -0.3 is 10.5 Å². The second-order valence-electron chi connectivity index (χ2n) is 4.34. The van der Waals surface area contributed by atoms with E-state index in [1.54, 1.807) is 18.3 Å². The molecule has 0 amide bonds. The summed E-state index contributed by atoms with van der Waals surface area (Å²) in [6.07, 6.45) is 0.499. The minimum atomic E-state index is -0.963. The molecule has 0 bridgehead atoms. The summed E-state index contributed by atoms with van der Waals surface area (Å²) in [7, 11) is 1.36. The predicted octanol–water partition coefficient (Wildman–Crippen LogP) is 2.33. The van der Waals surface area contributed by atoms with Gasteiger partial charge in [-0.05, 0) is 24.4 Å². The summed E-state index contributed by atoms with van der Waals surface area (Å²) in [5.74, 6) is -0.380. The summed E-state index contributed by atoms with van der Waals surface area (Å²) in [6, 6.07) is 10.2. The number of benzene rings is 1. The number of esters is 1. The topological polar surface area (TPSA) is 52.3 Å². The van der Waals surface area contributed by atoms with E-state index in [0.29, 0.717) is 6.42 Å². The van der Waals surface area contributed by atoms with Gasteiger partial charge in [-0.3, -0.25) is 4.79 Å². The van der Waals surface area contributed by atoms with E-state index in [1.165, 1.54) is 17.2 Å². The van der Waals surface area contributed by atoms with E-state index in [2.05, 4.69) is 18.2 Å². The molecule has 1 aromatic carbocycles. The lowest BCUT2D eigenvalue weighted by molar-refractivity contribution is -0.146. The van der Waals surface area contributed by atoms with Crippen molar-refractivity contribution in [2.24, 2.45) is 5.73 Å². The molecule has 4 heteroatoms. The van der Waals surface area contributed by atoms with Crippen molar-refractivity contribution in [2.75, 3.05) is 7.11 Å². The van der Waals surface area contributed by atoms with Gasteiger partial charge in [0.1, 0.15) is 5.54 Å². The minimum Gasteiger partial charge on any atom is -0.468 e. The van der Waals surface area contributed by atoms with Crippen molar-refractivity contribution in [3.63, 3.8) is 0 Å². The lowest BCUT2D eigenvalue weighted by Crippen LogP contribution is -2.47. The molecule has 0 spiro atoms. The average molecular weight is 249 g/mol. The summed E-state index contributed by atoms with van der Waals surface area (Å²) in [5, 5.41) is 1.19. The van der Waals surface area contributed by atoms with E-state index in [9.17, 15) is 4.79 Å². The smallest absolute Gasteiger partial charge is 0.325 e. The fourth-order valence-electron chi connectivity index (χ4n) is 1.79. The first-order valence-corrected chi connectivity index (χ1v) is 6.19. The maximum absolute atomic E-state index is 11.5. The Balaban J connectivity index is 2.26. The van der Waals surface area contributed by atoms with Crippen molar-refractivity contribution in [2.45, 2.75) is 18.9 Å². The van der Waals surface area contributed by atoms with E-state index >= 15 is 0 Å². The van der Waals surface area contributed by atoms with Gasteiger partial charge >= 0.3 is 5.97 Å². The molecule has 0 aliphatic heterocycles. The zero-order valence-corrected chi connectivity index (χ0v) is 10.7. The highest BCUT2D eigenvalue weighted by molar-refractivity contribution is 7.19. The molecule has 0 radical (unpaired) electrons. The van der Waals surface area contributed by atoms with Crippen molar-refractivity contribution in [3.8, 4) is 0 Å². The maximum atomic E-state index is 11.5. The first-order chi connectivity index (χ1) is 8.03. The Kier molecular flexibility index (Phi) is 3.17. The minimum absolute atomic E-state index is 0.380. The lowest BCUT2D eigenvalue weighted by atomic mass is 9.98. The standard InChI is InChI=1S/C13H15NO2S/c1-13(14,12(15)16-2)8-10-7-9-5-3-4-6-11(9)17-10/h3-7H,8,14H2,1-2H3. The van der Waals surface area contributed by atoms with Gasteiger partial charge in [-0.25, -0.2) is 0 Å². The number of methoxy groups -OCH3 is 1. The zero-order chi connectivity index (χ0) is 12.5. The summed E-state index contributed by atoms with van der Waals surface area (Å²) >= 11 is 1.66. The van der Waals surface area contributed by atoms with Crippen molar-refractivity contribution < 1.29 is 9.53 Å². The maximum Gasteiger partial charge on any atom is 0.325 e. The fraction of sp³-hybridized carbons (Fsp3) is 0.308. The van der Waals surface area contributed by atoms with Gasteiger partial charge in [-0.15, -0.1) is 11.3 Å². The summed E-state index contributed by atoms with van der Waals surface area (Å²) in [4.78, 5) is 12.6. The van der Waals surface area contributed by atoms with Gasteiger partial charge in [0.05, 0.1) is 7.11 Å². The number of thiophene rings is 1. The van der Waals surface area contributed by atoms with Crippen LogP contribution in [-0.4, -0.2) is 18.6 Å². The molecule has 2 rings (SSSR count). The Labute approximate surface area is 104 Å². The molecule has 90 valence electrons. The number of hydrogen-bond donors (Lipinski definition) is 1. The molecule has 1 aromatic heterocycles. The van der Waals surface area contributed by atoms with Crippen LogP contribution in [0.2, 0.25) is 0 Å². The van der Waals surface area contributed by atoms with Crippen LogP contribution < -0.4 is 5.73 Å². The first kappa shape index (κ1) is 12.1. The Morgan fingerprint density at radius 2 is 2.18 bits per heavy atom. The van der Waals surface area contributed by atoms with Gasteiger partial charge in [0.2, 0.25) is 0 Å². The summed E-state index contributed by atoms with van der Waals surface area (Å²) in [6.45, 7) is 1.70. The molecule has 0 aliphatic carbocycles. The van der Waals surface area contributed by atoms with Gasteiger partial charge in [-0.1, -0.05) is 18.2 Å². The third-order valence-corrected chi connectivity index (χ3v) is 3.79. The molecule has 2 N–H and O–H groups in total. The van der Waals surface area contributed by atoms with Crippen molar-refractivity contribution >= 4 is 27.4 Å². The van der Waals surface area contributed by atoms with E-state index in [4.69, 9.17) is 10.5 Å². The monoisotopic (exact) mass is 249 g/mol. The first-order valence-electron chi connectivity index (χ1n) is 5.38. The number of carbonyl (C=O) groups excluding carboxylic acids is 1. The molecule has 0 saturated carbocycles. The number of nitrogens with two attached hydrogens (primary N) is 1. The van der Waals surface area contributed by atoms with Crippen molar-refractivity contribution in [1.82, 2.24) is 0 Å². The van der Waals surface area contributed by atoms with Crippen LogP contribution in [-0.2, 0) is 16.0 Å². The van der Waals surface area contributed by atoms with E-state index in [-0.39, 0.29) is 5.97 Å². The number of fused-ring (bicyclic) bond motifs is 1. The molecule has 17 heavy (non-hydrogen) atoms. The summed E-state index contributed by atoms with van der Waals surface area (Å²) in [5.41, 5.74) is 4.99. The van der Waals surface area contributed by atoms with Gasteiger partial charge in [0.15, 0.2) is 0 Å². The molecule has 1 atom stereocenters. The third-order valence-electron chi connectivity index (χ3n) is 2.67. The van der Waals surface area contributed by atoms with Gasteiger partial charge in [0.25, 0.3) is 0 Å². The fourth-order valence-corrected chi connectivity index (χ4v) is 3.02. The third kappa shape index (κ3) is 2.48. The van der Waals surface area contributed by atoms with Crippen LogP contribution in [0.25, 0.3) is 10.1 Å². The second-order valence-corrected chi connectivity index (χ2v) is 5.50. The molecule has 0 fully saturated rings. The van der Waals surface area contributed by atoms with Crippen LogP contribution in [0.4, 0.5) is 0 Å². The summed E-state index contributed by atoms with van der Waals surface area (Å²) < 4.78 is 5.91. The van der Waals surface area contributed by atoms with Crippen LogP contribution in [0, 0.1) is 0 Å². The normalized spacial score (nSPS) is 14.5. The molecular formula is C13H15NO2S. The number of hydrogen-bond acceptors (Lipinski definition) is 4. The highest BCUT2D eigenvalue weighted by Crippen LogP contribution is 2.27. The molecule has 3 nitrogen and oxygen atoms in total. The number of ether oxygens (including phenoxy) is 1.